The summed E-state index contributed by atoms with van der Waals surface area (Å²) in [5.41, 5.74) is 5.59. The SMILES string of the molecule is CCCN(CC(=O)N(C)C)CC(C)CN. The van der Waals surface area contributed by atoms with E-state index in [4.69, 9.17) is 5.73 Å². The normalized spacial score (nSPS) is 12.9. The number of nitrogens with two attached hydrogens (primary N) is 1. The lowest BCUT2D eigenvalue weighted by Gasteiger charge is -2.25. The number of carbonyl (C=O) groups is 1. The van der Waals surface area contributed by atoms with Gasteiger partial charge in [0.05, 0.1) is 6.54 Å². The number of likely N-dealkylation sites (N-methyl/N-ethyl adjacent to an activating group) is 1. The molecule has 1 atom stereocenters. The van der Waals surface area contributed by atoms with Gasteiger partial charge in [-0.25, -0.2) is 0 Å². The molecule has 0 spiro atoms. The molecule has 1 amide bonds. The fourth-order valence-electron chi connectivity index (χ4n) is 1.40. The third-order valence-electron chi connectivity index (χ3n) is 2.37. The molecule has 0 aromatic rings. The molecule has 15 heavy (non-hydrogen) atoms. The Labute approximate surface area is 93.4 Å². The fraction of sp³-hybridized carbons (Fsp3) is 0.909. The van der Waals surface area contributed by atoms with E-state index in [0.29, 0.717) is 19.0 Å². The number of rotatable bonds is 7. The minimum absolute atomic E-state index is 0.160. The van der Waals surface area contributed by atoms with Gasteiger partial charge in [0.15, 0.2) is 0 Å². The van der Waals surface area contributed by atoms with Crippen LogP contribution in [0.2, 0.25) is 0 Å². The summed E-state index contributed by atoms with van der Waals surface area (Å²) < 4.78 is 0. The van der Waals surface area contributed by atoms with Gasteiger partial charge in [0.1, 0.15) is 0 Å². The van der Waals surface area contributed by atoms with Crippen molar-refractivity contribution in [3.63, 3.8) is 0 Å². The maximum Gasteiger partial charge on any atom is 0.236 e. The summed E-state index contributed by atoms with van der Waals surface area (Å²) in [5.74, 6) is 0.610. The van der Waals surface area contributed by atoms with Crippen molar-refractivity contribution >= 4 is 5.91 Å². The van der Waals surface area contributed by atoms with Crippen molar-refractivity contribution in [3.05, 3.63) is 0 Å². The lowest BCUT2D eigenvalue weighted by Crippen LogP contribution is -2.40. The highest BCUT2D eigenvalue weighted by Gasteiger charge is 2.13. The molecule has 2 N–H and O–H groups in total. The first-order valence-corrected chi connectivity index (χ1v) is 5.63. The molecule has 0 aromatic heterocycles. The van der Waals surface area contributed by atoms with Crippen molar-refractivity contribution in [2.45, 2.75) is 20.3 Å². The smallest absolute Gasteiger partial charge is 0.236 e. The van der Waals surface area contributed by atoms with Crippen LogP contribution >= 0.6 is 0 Å². The molecule has 0 aliphatic heterocycles. The van der Waals surface area contributed by atoms with Crippen molar-refractivity contribution < 1.29 is 4.79 Å². The van der Waals surface area contributed by atoms with Crippen LogP contribution in [0.1, 0.15) is 20.3 Å². The van der Waals surface area contributed by atoms with E-state index in [-0.39, 0.29) is 5.91 Å². The molecular formula is C11H25N3O. The van der Waals surface area contributed by atoms with E-state index in [0.717, 1.165) is 19.5 Å². The predicted octanol–water partition coefficient (Wildman–Crippen LogP) is 0.381. The van der Waals surface area contributed by atoms with Crippen LogP contribution in [0.5, 0.6) is 0 Å². The van der Waals surface area contributed by atoms with Crippen molar-refractivity contribution in [3.8, 4) is 0 Å². The average Bonchev–Trinajstić information content (AvgIpc) is 2.17. The number of hydrogen-bond acceptors (Lipinski definition) is 3. The molecule has 90 valence electrons. The monoisotopic (exact) mass is 215 g/mol. The molecule has 0 aromatic carbocycles. The summed E-state index contributed by atoms with van der Waals surface area (Å²) in [6, 6.07) is 0. The first-order chi connectivity index (χ1) is 7.01. The van der Waals surface area contributed by atoms with E-state index in [2.05, 4.69) is 18.7 Å². The van der Waals surface area contributed by atoms with Crippen molar-refractivity contribution in [2.75, 3.05) is 40.3 Å². The maximum atomic E-state index is 11.6. The Morgan fingerprint density at radius 2 is 2.00 bits per heavy atom. The zero-order valence-corrected chi connectivity index (χ0v) is 10.5. The van der Waals surface area contributed by atoms with Gasteiger partial charge in [-0.2, -0.15) is 0 Å². The lowest BCUT2D eigenvalue weighted by atomic mass is 10.1. The average molecular weight is 215 g/mol. The first kappa shape index (κ1) is 14.4. The van der Waals surface area contributed by atoms with Gasteiger partial charge in [-0.15, -0.1) is 0 Å². The highest BCUT2D eigenvalue weighted by atomic mass is 16.2. The zero-order valence-electron chi connectivity index (χ0n) is 10.5. The largest absolute Gasteiger partial charge is 0.348 e. The van der Waals surface area contributed by atoms with E-state index >= 15 is 0 Å². The van der Waals surface area contributed by atoms with Gasteiger partial charge in [-0.05, 0) is 25.4 Å². The molecule has 1 unspecified atom stereocenters. The minimum atomic E-state index is 0.160. The van der Waals surface area contributed by atoms with Gasteiger partial charge in [0.2, 0.25) is 5.91 Å². The van der Waals surface area contributed by atoms with E-state index in [9.17, 15) is 4.79 Å². The van der Waals surface area contributed by atoms with Crippen LogP contribution in [-0.2, 0) is 4.79 Å². The molecule has 0 aliphatic carbocycles. The van der Waals surface area contributed by atoms with E-state index < -0.39 is 0 Å². The summed E-state index contributed by atoms with van der Waals surface area (Å²) in [5, 5.41) is 0. The van der Waals surface area contributed by atoms with E-state index in [1.54, 1.807) is 19.0 Å². The van der Waals surface area contributed by atoms with Crippen LogP contribution in [0, 0.1) is 5.92 Å². The first-order valence-electron chi connectivity index (χ1n) is 5.63. The van der Waals surface area contributed by atoms with Crippen LogP contribution in [0.4, 0.5) is 0 Å². The van der Waals surface area contributed by atoms with E-state index in [1.165, 1.54) is 0 Å². The Morgan fingerprint density at radius 3 is 2.40 bits per heavy atom. The molecule has 0 radical (unpaired) electrons. The molecular weight excluding hydrogens is 190 g/mol. The number of nitrogens with zero attached hydrogens (tertiary/aromatic N) is 2. The van der Waals surface area contributed by atoms with Gasteiger partial charge in [0, 0.05) is 20.6 Å². The van der Waals surface area contributed by atoms with Crippen molar-refractivity contribution in [1.82, 2.24) is 9.80 Å². The summed E-state index contributed by atoms with van der Waals surface area (Å²) in [4.78, 5) is 15.4. The van der Waals surface area contributed by atoms with Crippen LogP contribution < -0.4 is 5.73 Å². The third-order valence-corrected chi connectivity index (χ3v) is 2.37. The second-order valence-corrected chi connectivity index (χ2v) is 4.36. The third kappa shape index (κ3) is 6.47. The van der Waals surface area contributed by atoms with Gasteiger partial charge in [-0.3, -0.25) is 9.69 Å². The molecule has 0 bridgehead atoms. The highest BCUT2D eigenvalue weighted by molar-refractivity contribution is 5.77. The van der Waals surface area contributed by atoms with Crippen LogP contribution in [-0.4, -0.2) is 56.0 Å². The molecule has 0 heterocycles. The lowest BCUT2D eigenvalue weighted by molar-refractivity contribution is -0.130. The Morgan fingerprint density at radius 1 is 1.40 bits per heavy atom. The molecule has 0 saturated carbocycles. The molecule has 4 heteroatoms. The Balaban J connectivity index is 4.08. The standard InChI is InChI=1S/C11H25N3O/c1-5-6-14(8-10(2)7-12)9-11(15)13(3)4/h10H,5-9,12H2,1-4H3. The maximum absolute atomic E-state index is 11.6. The Bertz CT molecular complexity index is 183. The van der Waals surface area contributed by atoms with Gasteiger partial charge >= 0.3 is 0 Å². The molecule has 0 aliphatic rings. The van der Waals surface area contributed by atoms with Gasteiger partial charge < -0.3 is 10.6 Å². The quantitative estimate of drug-likeness (QED) is 0.668. The van der Waals surface area contributed by atoms with Crippen LogP contribution in [0.25, 0.3) is 0 Å². The topological polar surface area (TPSA) is 49.6 Å². The predicted molar refractivity (Wildman–Crippen MR) is 63.6 cm³/mol. The summed E-state index contributed by atoms with van der Waals surface area (Å²) in [6.45, 7) is 7.29. The molecule has 4 nitrogen and oxygen atoms in total. The number of carbonyl (C=O) groups excluding carboxylic acids is 1. The summed E-state index contributed by atoms with van der Waals surface area (Å²) >= 11 is 0. The Kier molecular flexibility index (Phi) is 7.34. The molecule has 0 saturated heterocycles. The van der Waals surface area contributed by atoms with Gasteiger partial charge in [-0.1, -0.05) is 13.8 Å². The van der Waals surface area contributed by atoms with Crippen molar-refractivity contribution in [2.24, 2.45) is 11.7 Å². The number of amides is 1. The van der Waals surface area contributed by atoms with E-state index in [1.807, 2.05) is 0 Å². The Hall–Kier alpha value is -0.610. The minimum Gasteiger partial charge on any atom is -0.348 e. The summed E-state index contributed by atoms with van der Waals surface area (Å²) in [6.07, 6.45) is 1.07. The second kappa shape index (κ2) is 7.65. The second-order valence-electron chi connectivity index (χ2n) is 4.36. The fourth-order valence-corrected chi connectivity index (χ4v) is 1.40. The van der Waals surface area contributed by atoms with Crippen LogP contribution in [0.15, 0.2) is 0 Å². The zero-order chi connectivity index (χ0) is 11.8. The van der Waals surface area contributed by atoms with Gasteiger partial charge in [0.25, 0.3) is 0 Å². The van der Waals surface area contributed by atoms with Crippen LogP contribution in [0.3, 0.4) is 0 Å². The van der Waals surface area contributed by atoms with Crippen molar-refractivity contribution in [1.29, 1.82) is 0 Å². The highest BCUT2D eigenvalue weighted by Crippen LogP contribution is 2.00. The molecule has 0 fully saturated rings. The number of hydrogen-bond donors (Lipinski definition) is 1. The summed E-state index contributed by atoms with van der Waals surface area (Å²) in [7, 11) is 3.58. The molecule has 0 rings (SSSR count).